The molecule has 0 atom stereocenters. The van der Waals surface area contributed by atoms with Gasteiger partial charge < -0.3 is 5.32 Å². The van der Waals surface area contributed by atoms with Crippen molar-refractivity contribution < 1.29 is 13.2 Å². The number of hydrogen-bond donors (Lipinski definition) is 2. The van der Waals surface area contributed by atoms with Gasteiger partial charge in [-0.2, -0.15) is 0 Å². The highest BCUT2D eigenvalue weighted by Gasteiger charge is 2.15. The van der Waals surface area contributed by atoms with Crippen LogP contribution in [0.15, 0.2) is 53.4 Å². The van der Waals surface area contributed by atoms with Gasteiger partial charge in [-0.15, -0.1) is 0 Å². The third-order valence-electron chi connectivity index (χ3n) is 3.56. The van der Waals surface area contributed by atoms with E-state index in [2.05, 4.69) is 10.0 Å². The van der Waals surface area contributed by atoms with Gasteiger partial charge in [0.1, 0.15) is 0 Å². The fourth-order valence-corrected chi connectivity index (χ4v) is 3.20. The maximum atomic E-state index is 12.4. The molecule has 2 aromatic carbocycles. The van der Waals surface area contributed by atoms with Crippen LogP contribution in [0.25, 0.3) is 0 Å². The highest BCUT2D eigenvalue weighted by Crippen LogP contribution is 2.13. The molecule has 0 aliphatic heterocycles. The van der Waals surface area contributed by atoms with Crippen molar-refractivity contribution in [2.75, 3.05) is 0 Å². The van der Waals surface area contributed by atoms with Gasteiger partial charge in [-0.1, -0.05) is 24.3 Å². The Morgan fingerprint density at radius 3 is 2.25 bits per heavy atom. The zero-order valence-electron chi connectivity index (χ0n) is 14.0. The lowest BCUT2D eigenvalue weighted by Crippen LogP contribution is -2.30. The molecule has 2 rings (SSSR count). The Balaban J connectivity index is 2.09. The predicted molar refractivity (Wildman–Crippen MR) is 94.2 cm³/mol. The zero-order chi connectivity index (χ0) is 17.7. The molecule has 0 unspecified atom stereocenters. The van der Waals surface area contributed by atoms with Crippen LogP contribution in [0.5, 0.6) is 0 Å². The molecule has 0 aromatic heterocycles. The van der Waals surface area contributed by atoms with Gasteiger partial charge in [-0.3, -0.25) is 4.79 Å². The molecule has 24 heavy (non-hydrogen) atoms. The summed E-state index contributed by atoms with van der Waals surface area (Å²) in [7, 11) is -3.62. The highest BCUT2D eigenvalue weighted by molar-refractivity contribution is 7.89. The summed E-state index contributed by atoms with van der Waals surface area (Å²) in [5.74, 6) is -0.221. The number of amides is 1. The minimum atomic E-state index is -3.62. The lowest BCUT2D eigenvalue weighted by atomic mass is 10.1. The maximum absolute atomic E-state index is 12.4. The molecule has 0 heterocycles. The van der Waals surface area contributed by atoms with Crippen LogP contribution in [-0.4, -0.2) is 20.4 Å². The molecule has 0 aliphatic rings. The molecule has 0 fully saturated rings. The van der Waals surface area contributed by atoms with Crippen molar-refractivity contribution in [3.63, 3.8) is 0 Å². The van der Waals surface area contributed by atoms with Crippen LogP contribution >= 0.6 is 0 Å². The Kier molecular flexibility index (Phi) is 5.75. The van der Waals surface area contributed by atoms with E-state index in [1.54, 1.807) is 0 Å². The second kappa shape index (κ2) is 7.59. The first-order chi connectivity index (χ1) is 11.3. The van der Waals surface area contributed by atoms with Gasteiger partial charge in [0, 0.05) is 18.2 Å². The summed E-state index contributed by atoms with van der Waals surface area (Å²) in [6, 6.07) is 13.5. The molecule has 0 spiro atoms. The van der Waals surface area contributed by atoms with Crippen molar-refractivity contribution in [2.24, 2.45) is 0 Å². The molecular weight excluding hydrogens is 324 g/mol. The molecule has 2 aromatic rings. The predicted octanol–water partition coefficient (Wildman–Crippen LogP) is 2.61. The molecule has 2 N–H and O–H groups in total. The quantitative estimate of drug-likeness (QED) is 0.844. The van der Waals surface area contributed by atoms with Crippen molar-refractivity contribution in [3.05, 3.63) is 65.2 Å². The monoisotopic (exact) mass is 346 g/mol. The molecule has 0 saturated carbocycles. The number of carbonyl (C=O) groups is 1. The van der Waals surface area contributed by atoms with E-state index in [-0.39, 0.29) is 23.4 Å². The molecule has 1 amide bonds. The van der Waals surface area contributed by atoms with Crippen LogP contribution in [0.3, 0.4) is 0 Å². The van der Waals surface area contributed by atoms with E-state index < -0.39 is 10.0 Å². The second-order valence-electron chi connectivity index (χ2n) is 5.90. The minimum absolute atomic E-state index is 0.0247. The van der Waals surface area contributed by atoms with Crippen molar-refractivity contribution in [1.82, 2.24) is 10.0 Å². The standard InChI is InChI=1S/C18H22N2O3S/c1-13(2)20-18(21)15-8-10-17(11-9-15)24(22,23)19-12-16-7-5-4-6-14(16)3/h4-11,13,19H,12H2,1-3H3,(H,20,21). The van der Waals surface area contributed by atoms with Crippen molar-refractivity contribution in [3.8, 4) is 0 Å². The van der Waals surface area contributed by atoms with E-state index in [9.17, 15) is 13.2 Å². The van der Waals surface area contributed by atoms with Gasteiger partial charge in [0.05, 0.1) is 4.90 Å². The van der Waals surface area contributed by atoms with Crippen LogP contribution in [0.2, 0.25) is 0 Å². The lowest BCUT2D eigenvalue weighted by molar-refractivity contribution is 0.0943. The van der Waals surface area contributed by atoms with Gasteiger partial charge in [-0.25, -0.2) is 13.1 Å². The van der Waals surface area contributed by atoms with Crippen LogP contribution in [0.1, 0.15) is 35.3 Å². The molecular formula is C18H22N2O3S. The van der Waals surface area contributed by atoms with Crippen molar-refractivity contribution in [1.29, 1.82) is 0 Å². The van der Waals surface area contributed by atoms with Gasteiger partial charge in [0.15, 0.2) is 0 Å². The molecule has 0 radical (unpaired) electrons. The van der Waals surface area contributed by atoms with Gasteiger partial charge >= 0.3 is 0 Å². The molecule has 0 saturated heterocycles. The number of sulfonamides is 1. The van der Waals surface area contributed by atoms with E-state index in [0.29, 0.717) is 5.56 Å². The third-order valence-corrected chi connectivity index (χ3v) is 4.98. The van der Waals surface area contributed by atoms with Gasteiger partial charge in [0.2, 0.25) is 10.0 Å². The number of carbonyl (C=O) groups excluding carboxylic acids is 1. The summed E-state index contributed by atoms with van der Waals surface area (Å²) in [4.78, 5) is 12.0. The lowest BCUT2D eigenvalue weighted by Gasteiger charge is -2.10. The summed E-state index contributed by atoms with van der Waals surface area (Å²) in [5.41, 5.74) is 2.39. The van der Waals surface area contributed by atoms with E-state index in [1.165, 1.54) is 24.3 Å². The number of benzene rings is 2. The Hall–Kier alpha value is -2.18. The van der Waals surface area contributed by atoms with Crippen LogP contribution in [-0.2, 0) is 16.6 Å². The number of hydrogen-bond acceptors (Lipinski definition) is 3. The summed E-state index contributed by atoms with van der Waals surface area (Å²) in [6.07, 6.45) is 0. The second-order valence-corrected chi connectivity index (χ2v) is 7.67. The van der Waals surface area contributed by atoms with Crippen LogP contribution < -0.4 is 10.0 Å². The van der Waals surface area contributed by atoms with E-state index >= 15 is 0 Å². The Labute approximate surface area is 143 Å². The minimum Gasteiger partial charge on any atom is -0.350 e. The first-order valence-corrected chi connectivity index (χ1v) is 9.23. The Bertz CT molecular complexity index is 812. The summed E-state index contributed by atoms with van der Waals surface area (Å²) >= 11 is 0. The van der Waals surface area contributed by atoms with E-state index in [1.807, 2.05) is 45.0 Å². The summed E-state index contributed by atoms with van der Waals surface area (Å²) in [6.45, 7) is 5.90. The average molecular weight is 346 g/mol. The summed E-state index contributed by atoms with van der Waals surface area (Å²) < 4.78 is 27.3. The van der Waals surface area contributed by atoms with Crippen molar-refractivity contribution in [2.45, 2.75) is 38.3 Å². The molecule has 6 heteroatoms. The Morgan fingerprint density at radius 1 is 1.04 bits per heavy atom. The van der Waals surface area contributed by atoms with Crippen LogP contribution in [0, 0.1) is 6.92 Å². The molecule has 5 nitrogen and oxygen atoms in total. The first kappa shape index (κ1) is 18.2. The number of nitrogens with one attached hydrogen (secondary N) is 2. The molecule has 0 bridgehead atoms. The molecule has 0 aliphatic carbocycles. The smallest absolute Gasteiger partial charge is 0.251 e. The van der Waals surface area contributed by atoms with E-state index in [0.717, 1.165) is 11.1 Å². The molecule has 128 valence electrons. The van der Waals surface area contributed by atoms with Crippen LogP contribution in [0.4, 0.5) is 0 Å². The fourth-order valence-electron chi connectivity index (χ4n) is 2.20. The van der Waals surface area contributed by atoms with Crippen molar-refractivity contribution >= 4 is 15.9 Å². The SMILES string of the molecule is Cc1ccccc1CNS(=O)(=O)c1ccc(C(=O)NC(C)C)cc1. The largest absolute Gasteiger partial charge is 0.350 e. The Morgan fingerprint density at radius 2 is 1.67 bits per heavy atom. The number of aryl methyl sites for hydroxylation is 1. The first-order valence-electron chi connectivity index (χ1n) is 7.74. The highest BCUT2D eigenvalue weighted by atomic mass is 32.2. The third kappa shape index (κ3) is 4.66. The average Bonchev–Trinajstić information content (AvgIpc) is 2.53. The zero-order valence-corrected chi connectivity index (χ0v) is 14.9. The summed E-state index contributed by atoms with van der Waals surface area (Å²) in [5, 5.41) is 2.77. The van der Waals surface area contributed by atoms with Gasteiger partial charge in [-0.05, 0) is 56.2 Å². The van der Waals surface area contributed by atoms with Gasteiger partial charge in [0.25, 0.3) is 5.91 Å². The number of rotatable bonds is 6. The van der Waals surface area contributed by atoms with E-state index in [4.69, 9.17) is 0 Å². The maximum Gasteiger partial charge on any atom is 0.251 e. The topological polar surface area (TPSA) is 75.3 Å². The fraction of sp³-hybridized carbons (Fsp3) is 0.278. The normalized spacial score (nSPS) is 11.5.